The Morgan fingerprint density at radius 3 is 2.84 bits per heavy atom. The number of aliphatic hydroxyl groups is 1. The highest BCUT2D eigenvalue weighted by atomic mass is 35.5. The standard InChI is InChI=1S/C32H40ClFN6O4Si/c1-20-29(45(2,3)34)28(11-14-39-19-24(12-15-41)37-38-39)44-32(20)25-17-22(33)9-10-27(25)40(31(32)43)18-21-6-4-7-23(16-21)36-30(42)26-8-5-13-35-26/h4,6-7,9-10,16-17,19-20,26,28-29,35,41H,5,8,11-15,18H2,1-3H3,(H,36,42)/t20-,26-,28+,29-,32+/m1/s1. The van der Waals surface area contributed by atoms with Crippen LogP contribution in [0.1, 0.15) is 43.0 Å². The molecule has 1 spiro atoms. The van der Waals surface area contributed by atoms with E-state index in [0.29, 0.717) is 47.0 Å². The van der Waals surface area contributed by atoms with Crippen molar-refractivity contribution in [3.8, 4) is 0 Å². The highest BCUT2D eigenvalue weighted by molar-refractivity contribution is 6.72. The smallest absolute Gasteiger partial charge is 0.264 e. The van der Waals surface area contributed by atoms with Crippen LogP contribution in [0.5, 0.6) is 0 Å². The molecule has 2 fully saturated rings. The molecule has 4 heterocycles. The lowest BCUT2D eigenvalue weighted by Gasteiger charge is -2.31. The number of halogens is 2. The van der Waals surface area contributed by atoms with E-state index in [1.54, 1.807) is 41.0 Å². The summed E-state index contributed by atoms with van der Waals surface area (Å²) in [5, 5.41) is 24.2. The fourth-order valence-electron chi connectivity index (χ4n) is 7.45. The van der Waals surface area contributed by atoms with Gasteiger partial charge in [-0.3, -0.25) is 14.3 Å². The summed E-state index contributed by atoms with van der Waals surface area (Å²) in [6.07, 6.45) is 3.86. The summed E-state index contributed by atoms with van der Waals surface area (Å²) in [6.45, 7) is 6.76. The fraction of sp³-hybridized carbons (Fsp3) is 0.500. The van der Waals surface area contributed by atoms with Gasteiger partial charge in [-0.2, -0.15) is 0 Å². The molecule has 2 aromatic carbocycles. The molecule has 0 unspecified atom stereocenters. The van der Waals surface area contributed by atoms with Crippen LogP contribution < -0.4 is 15.5 Å². The summed E-state index contributed by atoms with van der Waals surface area (Å²) in [7, 11) is -3.34. The van der Waals surface area contributed by atoms with Gasteiger partial charge in [0.1, 0.15) is 0 Å². The second-order valence-corrected chi connectivity index (χ2v) is 17.1. The molecule has 2 amide bonds. The number of ether oxygens (including phenoxy) is 1. The van der Waals surface area contributed by atoms with E-state index in [0.717, 1.165) is 24.9 Å². The third-order valence-electron chi connectivity index (χ3n) is 9.43. The average molecular weight is 655 g/mol. The summed E-state index contributed by atoms with van der Waals surface area (Å²) in [4.78, 5) is 29.1. The van der Waals surface area contributed by atoms with Crippen LogP contribution in [0.4, 0.5) is 15.5 Å². The Balaban J connectivity index is 1.28. The Bertz CT molecular complexity index is 1580. The van der Waals surface area contributed by atoms with Crippen LogP contribution in [0.25, 0.3) is 0 Å². The molecule has 3 aliphatic rings. The summed E-state index contributed by atoms with van der Waals surface area (Å²) >= 11 is 6.51. The molecule has 3 aliphatic heterocycles. The number of hydrogen-bond donors (Lipinski definition) is 3. The second kappa shape index (κ2) is 12.6. The third kappa shape index (κ3) is 6.06. The van der Waals surface area contributed by atoms with Gasteiger partial charge < -0.3 is 29.5 Å². The first kappa shape index (κ1) is 31.8. The van der Waals surface area contributed by atoms with Gasteiger partial charge in [0.05, 0.1) is 30.1 Å². The summed E-state index contributed by atoms with van der Waals surface area (Å²) < 4.78 is 24.6. The highest BCUT2D eigenvalue weighted by Gasteiger charge is 2.66. The first-order valence-electron chi connectivity index (χ1n) is 15.6. The number of aryl methyl sites for hydroxylation is 1. The quantitative estimate of drug-likeness (QED) is 0.216. The normalized spacial score (nSPS) is 26.2. The van der Waals surface area contributed by atoms with Crippen molar-refractivity contribution in [3.05, 3.63) is 70.5 Å². The number of amides is 2. The van der Waals surface area contributed by atoms with Crippen LogP contribution in [0.2, 0.25) is 23.7 Å². The zero-order valence-electron chi connectivity index (χ0n) is 25.8. The Labute approximate surface area is 268 Å². The molecular formula is C32H40ClFN6O4Si. The van der Waals surface area contributed by atoms with E-state index in [1.165, 1.54) is 0 Å². The lowest BCUT2D eigenvalue weighted by molar-refractivity contribution is -0.146. The van der Waals surface area contributed by atoms with Crippen molar-refractivity contribution in [2.45, 2.75) is 82.1 Å². The van der Waals surface area contributed by atoms with Crippen molar-refractivity contribution in [1.82, 2.24) is 20.3 Å². The maximum atomic E-state index is 16.2. The Morgan fingerprint density at radius 1 is 1.29 bits per heavy atom. The predicted octanol–water partition coefficient (Wildman–Crippen LogP) is 4.57. The number of nitrogens with zero attached hydrogens (tertiary/aromatic N) is 4. The molecule has 240 valence electrons. The van der Waals surface area contributed by atoms with E-state index in [2.05, 4.69) is 20.9 Å². The largest absolute Gasteiger partial charge is 0.396 e. The molecule has 13 heteroatoms. The predicted molar refractivity (Wildman–Crippen MR) is 172 cm³/mol. The van der Waals surface area contributed by atoms with Crippen molar-refractivity contribution >= 4 is 43.2 Å². The molecule has 45 heavy (non-hydrogen) atoms. The zero-order chi connectivity index (χ0) is 31.9. The van der Waals surface area contributed by atoms with Crippen molar-refractivity contribution in [3.63, 3.8) is 0 Å². The summed E-state index contributed by atoms with van der Waals surface area (Å²) in [5.74, 6) is -0.762. The maximum absolute atomic E-state index is 16.2. The maximum Gasteiger partial charge on any atom is 0.264 e. The number of carbonyl (C=O) groups excluding carboxylic acids is 2. The lowest BCUT2D eigenvalue weighted by atomic mass is 9.82. The number of aromatic nitrogens is 3. The van der Waals surface area contributed by atoms with Gasteiger partial charge in [0.2, 0.25) is 14.3 Å². The number of fused-ring (bicyclic) bond motifs is 2. The zero-order valence-corrected chi connectivity index (χ0v) is 27.6. The molecular weight excluding hydrogens is 615 g/mol. The molecule has 3 N–H and O–H groups in total. The Morgan fingerprint density at radius 2 is 2.11 bits per heavy atom. The van der Waals surface area contributed by atoms with E-state index < -0.39 is 31.6 Å². The van der Waals surface area contributed by atoms with Crippen molar-refractivity contribution in [2.24, 2.45) is 5.92 Å². The number of anilines is 2. The van der Waals surface area contributed by atoms with E-state index >= 15 is 4.11 Å². The van der Waals surface area contributed by atoms with Gasteiger partial charge >= 0.3 is 0 Å². The van der Waals surface area contributed by atoms with Gasteiger partial charge in [0.15, 0.2) is 5.60 Å². The van der Waals surface area contributed by atoms with E-state index in [1.807, 2.05) is 37.3 Å². The number of benzene rings is 2. The van der Waals surface area contributed by atoms with Crippen LogP contribution in [0.3, 0.4) is 0 Å². The topological polar surface area (TPSA) is 122 Å². The molecule has 0 aliphatic carbocycles. The Hall–Kier alpha value is -3.16. The molecule has 0 bridgehead atoms. The van der Waals surface area contributed by atoms with Gasteiger partial charge in [-0.05, 0) is 74.8 Å². The van der Waals surface area contributed by atoms with Crippen LogP contribution >= 0.6 is 11.6 Å². The molecule has 0 radical (unpaired) electrons. The van der Waals surface area contributed by atoms with Crippen molar-refractivity contribution < 1.29 is 23.5 Å². The summed E-state index contributed by atoms with van der Waals surface area (Å²) in [6, 6.07) is 12.7. The van der Waals surface area contributed by atoms with Crippen LogP contribution in [-0.4, -0.2) is 65.6 Å². The van der Waals surface area contributed by atoms with Crippen molar-refractivity contribution in [1.29, 1.82) is 0 Å². The van der Waals surface area contributed by atoms with Gasteiger partial charge in [-0.25, -0.2) is 0 Å². The Kier molecular flexibility index (Phi) is 8.88. The minimum atomic E-state index is -3.34. The van der Waals surface area contributed by atoms with Gasteiger partial charge in [0.25, 0.3) is 5.91 Å². The van der Waals surface area contributed by atoms with E-state index in [9.17, 15) is 14.7 Å². The number of hydrogen-bond acceptors (Lipinski definition) is 7. The minimum absolute atomic E-state index is 0.0222. The minimum Gasteiger partial charge on any atom is -0.396 e. The molecule has 1 aromatic heterocycles. The first-order chi connectivity index (χ1) is 21.5. The SMILES string of the molecule is C[C@@H]1[C@@H]([Si](C)(C)F)[C@H](CCn2cc(CCO)nn2)O[C@@]12C(=O)N(Cc1cccc(NC(=O)[C@H]3CCCN3)c1)c1ccc(Cl)cc12. The molecule has 6 rings (SSSR count). The van der Waals surface area contributed by atoms with E-state index in [-0.39, 0.29) is 31.0 Å². The van der Waals surface area contributed by atoms with Crippen molar-refractivity contribution in [2.75, 3.05) is 23.4 Å². The van der Waals surface area contributed by atoms with Crippen LogP contribution in [-0.2, 0) is 39.4 Å². The molecule has 0 saturated carbocycles. The fourth-order valence-corrected chi connectivity index (χ4v) is 10.2. The number of carbonyl (C=O) groups is 2. The second-order valence-electron chi connectivity index (χ2n) is 12.9. The molecule has 3 aromatic rings. The highest BCUT2D eigenvalue weighted by Crippen LogP contribution is 2.60. The van der Waals surface area contributed by atoms with Crippen LogP contribution in [0.15, 0.2) is 48.7 Å². The number of nitrogens with one attached hydrogen (secondary N) is 2. The monoisotopic (exact) mass is 654 g/mol. The third-order valence-corrected chi connectivity index (χ3v) is 12.1. The molecule has 2 saturated heterocycles. The van der Waals surface area contributed by atoms with Gasteiger partial charge in [-0.15, -0.1) is 5.10 Å². The average Bonchev–Trinajstić information content (AvgIpc) is 3.77. The van der Waals surface area contributed by atoms with Gasteiger partial charge in [0, 0.05) is 53.5 Å². The van der Waals surface area contributed by atoms with Gasteiger partial charge in [-0.1, -0.05) is 35.9 Å². The lowest BCUT2D eigenvalue weighted by Crippen LogP contribution is -2.45. The van der Waals surface area contributed by atoms with E-state index in [4.69, 9.17) is 16.3 Å². The molecule has 5 atom stereocenters. The summed E-state index contributed by atoms with van der Waals surface area (Å²) in [5.41, 5.74) is 1.66. The number of aliphatic hydroxyl groups excluding tert-OH is 1. The number of rotatable bonds is 10. The molecule has 10 nitrogen and oxygen atoms in total. The first-order valence-corrected chi connectivity index (χ1v) is 19.0. The van der Waals surface area contributed by atoms with Crippen LogP contribution in [0, 0.1) is 5.92 Å².